The monoisotopic (exact) mass is 538 g/mol. The van der Waals surface area contributed by atoms with Gasteiger partial charge in [0, 0.05) is 47.6 Å². The lowest BCUT2D eigenvalue weighted by Crippen LogP contribution is -2.44. The van der Waals surface area contributed by atoms with Gasteiger partial charge in [0.1, 0.15) is 17.3 Å². The summed E-state index contributed by atoms with van der Waals surface area (Å²) >= 11 is 0. The minimum absolute atomic E-state index is 0.0752. The molecule has 1 amide bonds. The number of likely N-dealkylation sites (tertiary alicyclic amines) is 1. The number of nitrogens with one attached hydrogen (secondary N) is 1. The summed E-state index contributed by atoms with van der Waals surface area (Å²) in [5, 5.41) is 11.1. The molecular formula is C29H27FN8O2. The van der Waals surface area contributed by atoms with Crippen LogP contribution < -0.4 is 5.73 Å². The van der Waals surface area contributed by atoms with E-state index in [1.165, 1.54) is 23.6 Å². The molecule has 6 rings (SSSR count). The first-order chi connectivity index (χ1) is 19.3. The molecule has 1 aliphatic rings. The third-order valence-corrected chi connectivity index (χ3v) is 7.53. The van der Waals surface area contributed by atoms with Crippen LogP contribution in [0.5, 0.6) is 0 Å². The SMILES string of the molecule is CC(=O)c1c([C@@H]2CCN(C(=O)c3ccn[nH]3)[C@@H](C)C2)nc2c(-c3ccc(-c4ccc(F)cc4)nc3)cnn2c1N. The summed E-state index contributed by atoms with van der Waals surface area (Å²) in [7, 11) is 0. The molecule has 0 bridgehead atoms. The van der Waals surface area contributed by atoms with Gasteiger partial charge < -0.3 is 10.6 Å². The Kier molecular flexibility index (Phi) is 6.33. The maximum absolute atomic E-state index is 13.3. The van der Waals surface area contributed by atoms with Crippen LogP contribution >= 0.6 is 0 Å². The Balaban J connectivity index is 1.35. The van der Waals surface area contributed by atoms with E-state index in [1.54, 1.807) is 36.8 Å². The molecule has 5 heterocycles. The summed E-state index contributed by atoms with van der Waals surface area (Å²) in [4.78, 5) is 37.1. The Hall–Kier alpha value is -4.93. The molecule has 0 saturated carbocycles. The van der Waals surface area contributed by atoms with Gasteiger partial charge in [0.05, 0.1) is 23.1 Å². The van der Waals surface area contributed by atoms with Crippen molar-refractivity contribution in [3.8, 4) is 22.4 Å². The van der Waals surface area contributed by atoms with Crippen LogP contribution in [0, 0.1) is 5.82 Å². The number of benzene rings is 1. The first-order valence-corrected chi connectivity index (χ1v) is 13.0. The van der Waals surface area contributed by atoms with Crippen LogP contribution in [0.25, 0.3) is 28.0 Å². The van der Waals surface area contributed by atoms with E-state index in [0.717, 1.165) is 16.7 Å². The number of amides is 1. The van der Waals surface area contributed by atoms with Crippen LogP contribution in [-0.4, -0.2) is 59.0 Å². The third-order valence-electron chi connectivity index (χ3n) is 7.53. The average molecular weight is 539 g/mol. The van der Waals surface area contributed by atoms with E-state index in [1.807, 2.05) is 24.0 Å². The Morgan fingerprint density at radius 1 is 1.07 bits per heavy atom. The number of H-pyrrole nitrogens is 1. The van der Waals surface area contributed by atoms with E-state index in [9.17, 15) is 14.0 Å². The van der Waals surface area contributed by atoms with Gasteiger partial charge in [-0.25, -0.2) is 9.37 Å². The zero-order valence-corrected chi connectivity index (χ0v) is 22.0. The van der Waals surface area contributed by atoms with Gasteiger partial charge in [-0.15, -0.1) is 0 Å². The molecule has 1 aliphatic heterocycles. The van der Waals surface area contributed by atoms with E-state index in [-0.39, 0.29) is 35.3 Å². The molecular weight excluding hydrogens is 511 g/mol. The molecule has 3 N–H and O–H groups in total. The number of nitrogens with zero attached hydrogens (tertiary/aromatic N) is 6. The summed E-state index contributed by atoms with van der Waals surface area (Å²) in [6.07, 6.45) is 6.19. The van der Waals surface area contributed by atoms with Crippen molar-refractivity contribution in [2.24, 2.45) is 0 Å². The number of carbonyl (C=O) groups is 2. The Labute approximate surface area is 229 Å². The molecule has 1 fully saturated rings. The summed E-state index contributed by atoms with van der Waals surface area (Å²) in [5.74, 6) is -0.437. The molecule has 10 nitrogen and oxygen atoms in total. The van der Waals surface area contributed by atoms with Gasteiger partial charge in [0.25, 0.3) is 5.91 Å². The topological polar surface area (TPSA) is 135 Å². The van der Waals surface area contributed by atoms with Crippen LogP contribution in [0.1, 0.15) is 59.1 Å². The van der Waals surface area contributed by atoms with Crippen LogP contribution in [0.2, 0.25) is 0 Å². The van der Waals surface area contributed by atoms with Crippen LogP contribution in [-0.2, 0) is 0 Å². The lowest BCUT2D eigenvalue weighted by molar-refractivity contribution is 0.0607. The maximum atomic E-state index is 13.3. The van der Waals surface area contributed by atoms with Crippen molar-refractivity contribution in [1.29, 1.82) is 0 Å². The number of carbonyl (C=O) groups excluding carboxylic acids is 2. The highest BCUT2D eigenvalue weighted by molar-refractivity contribution is 6.00. The number of halogens is 1. The Bertz CT molecular complexity index is 1710. The van der Waals surface area contributed by atoms with Crippen molar-refractivity contribution in [3.63, 3.8) is 0 Å². The van der Waals surface area contributed by atoms with Gasteiger partial charge >= 0.3 is 0 Å². The maximum Gasteiger partial charge on any atom is 0.272 e. The standard InChI is InChI=1S/C29H27FN8O2/c1-16-13-19(10-12-37(16)29(40)24-9-11-33-36-24)26-25(17(2)39)27(31)38-28(35-26)22(15-34-38)20-5-8-23(32-14-20)18-3-6-21(30)7-4-18/h3-9,11,14-16,19H,10,12-13,31H2,1-2H3,(H,33,36)/t16-,19+/m0/s1. The van der Waals surface area contributed by atoms with Gasteiger partial charge in [-0.05, 0) is 63.1 Å². The van der Waals surface area contributed by atoms with E-state index in [0.29, 0.717) is 47.7 Å². The minimum Gasteiger partial charge on any atom is -0.383 e. The van der Waals surface area contributed by atoms with Crippen LogP contribution in [0.3, 0.4) is 0 Å². The fraction of sp³-hybridized carbons (Fsp3) is 0.241. The number of Topliss-reactive ketones (excluding diaryl/α,β-unsaturated/α-hetero) is 1. The smallest absolute Gasteiger partial charge is 0.272 e. The highest BCUT2D eigenvalue weighted by Crippen LogP contribution is 2.37. The van der Waals surface area contributed by atoms with Crippen molar-refractivity contribution in [2.75, 3.05) is 12.3 Å². The van der Waals surface area contributed by atoms with Crippen LogP contribution in [0.15, 0.2) is 61.1 Å². The first-order valence-electron chi connectivity index (χ1n) is 13.0. The van der Waals surface area contributed by atoms with Gasteiger partial charge in [-0.2, -0.15) is 14.7 Å². The Morgan fingerprint density at radius 3 is 2.50 bits per heavy atom. The number of nitrogens with two attached hydrogens (primary N) is 1. The summed E-state index contributed by atoms with van der Waals surface area (Å²) in [6, 6.07) is 11.5. The largest absolute Gasteiger partial charge is 0.383 e. The molecule has 0 spiro atoms. The zero-order valence-electron chi connectivity index (χ0n) is 22.0. The molecule has 40 heavy (non-hydrogen) atoms. The van der Waals surface area contributed by atoms with Gasteiger partial charge in [0.15, 0.2) is 11.4 Å². The number of fused-ring (bicyclic) bond motifs is 1. The Morgan fingerprint density at radius 2 is 1.85 bits per heavy atom. The van der Waals surface area contributed by atoms with Crippen molar-refractivity contribution in [1.82, 2.24) is 34.7 Å². The predicted molar refractivity (Wildman–Crippen MR) is 147 cm³/mol. The summed E-state index contributed by atoms with van der Waals surface area (Å²) in [5.41, 5.74) is 11.5. The van der Waals surface area contributed by atoms with E-state index in [2.05, 4.69) is 20.3 Å². The van der Waals surface area contributed by atoms with Gasteiger partial charge in [0.2, 0.25) is 0 Å². The molecule has 2 atom stereocenters. The van der Waals surface area contributed by atoms with Crippen molar-refractivity contribution in [2.45, 2.75) is 38.6 Å². The number of piperidine rings is 1. The lowest BCUT2D eigenvalue weighted by Gasteiger charge is -2.37. The fourth-order valence-electron chi connectivity index (χ4n) is 5.49. The minimum atomic E-state index is -0.305. The predicted octanol–water partition coefficient (Wildman–Crippen LogP) is 4.51. The van der Waals surface area contributed by atoms with Crippen LogP contribution in [0.4, 0.5) is 10.2 Å². The van der Waals surface area contributed by atoms with Gasteiger partial charge in [-0.1, -0.05) is 6.07 Å². The van der Waals surface area contributed by atoms with Crippen molar-refractivity contribution >= 4 is 23.2 Å². The average Bonchev–Trinajstić information content (AvgIpc) is 3.64. The molecule has 1 saturated heterocycles. The molecule has 0 radical (unpaired) electrons. The highest BCUT2D eigenvalue weighted by Gasteiger charge is 2.34. The second-order valence-corrected chi connectivity index (χ2v) is 10.1. The first kappa shape index (κ1) is 25.4. The molecule has 4 aromatic heterocycles. The number of pyridine rings is 1. The quantitative estimate of drug-likeness (QED) is 0.314. The molecule has 0 unspecified atom stereocenters. The molecule has 1 aromatic carbocycles. The number of hydrogen-bond acceptors (Lipinski definition) is 7. The molecule has 5 aromatic rings. The normalized spacial score (nSPS) is 17.3. The molecule has 0 aliphatic carbocycles. The van der Waals surface area contributed by atoms with E-state index >= 15 is 0 Å². The third kappa shape index (κ3) is 4.39. The number of rotatable bonds is 5. The number of hydrogen-bond donors (Lipinski definition) is 2. The number of ketones is 1. The number of anilines is 1. The second kappa shape index (κ2) is 9.99. The second-order valence-electron chi connectivity index (χ2n) is 10.1. The van der Waals surface area contributed by atoms with E-state index < -0.39 is 0 Å². The summed E-state index contributed by atoms with van der Waals surface area (Å²) < 4.78 is 14.8. The molecule has 11 heteroatoms. The van der Waals surface area contributed by atoms with Crippen molar-refractivity contribution in [3.05, 3.63) is 83.8 Å². The number of aromatic nitrogens is 6. The number of aromatic amines is 1. The number of nitrogen functional groups attached to an aromatic ring is 1. The summed E-state index contributed by atoms with van der Waals surface area (Å²) in [6.45, 7) is 3.98. The van der Waals surface area contributed by atoms with Crippen molar-refractivity contribution < 1.29 is 14.0 Å². The zero-order chi connectivity index (χ0) is 28.0. The fourth-order valence-corrected chi connectivity index (χ4v) is 5.49. The highest BCUT2D eigenvalue weighted by atomic mass is 19.1. The van der Waals surface area contributed by atoms with E-state index in [4.69, 9.17) is 10.7 Å². The molecule has 202 valence electrons. The van der Waals surface area contributed by atoms with Gasteiger partial charge in [-0.3, -0.25) is 19.7 Å². The lowest BCUT2D eigenvalue weighted by atomic mass is 9.86.